The summed E-state index contributed by atoms with van der Waals surface area (Å²) in [6.07, 6.45) is 2.48. The van der Waals surface area contributed by atoms with Gasteiger partial charge in [-0.15, -0.1) is 12.4 Å². The standard InChI is InChI=1S/C16H17BrFN3O.ClH/c1-2-21-9-11(17)7-14(21)16(22)20-13-4-3-10-8-19-6-5-12(10)15(13)18;/h3-4,7,9,19H,2,5-6,8H2,1H3,(H,20,22);1H. The number of benzene rings is 1. The van der Waals surface area contributed by atoms with Crippen molar-refractivity contribution in [3.05, 3.63) is 51.5 Å². The third-order valence-electron chi connectivity index (χ3n) is 3.89. The summed E-state index contributed by atoms with van der Waals surface area (Å²) in [4.78, 5) is 12.4. The molecule has 0 bridgehead atoms. The number of nitrogens with zero attached hydrogens (tertiary/aromatic N) is 1. The number of amides is 1. The molecular weight excluding hydrogens is 385 g/mol. The average Bonchev–Trinajstić information content (AvgIpc) is 2.91. The maximum atomic E-state index is 14.6. The Bertz CT molecular complexity index is 732. The average molecular weight is 403 g/mol. The van der Waals surface area contributed by atoms with E-state index in [1.165, 1.54) is 0 Å². The lowest BCUT2D eigenvalue weighted by molar-refractivity contribution is 0.101. The Morgan fingerprint density at radius 3 is 3.00 bits per heavy atom. The maximum absolute atomic E-state index is 14.6. The fourth-order valence-corrected chi connectivity index (χ4v) is 3.21. The van der Waals surface area contributed by atoms with Crippen molar-refractivity contribution in [2.24, 2.45) is 0 Å². The summed E-state index contributed by atoms with van der Waals surface area (Å²) in [7, 11) is 0. The van der Waals surface area contributed by atoms with Crippen molar-refractivity contribution < 1.29 is 9.18 Å². The molecular formula is C16H18BrClFN3O. The molecule has 23 heavy (non-hydrogen) atoms. The van der Waals surface area contributed by atoms with Gasteiger partial charge in [-0.25, -0.2) is 4.39 Å². The monoisotopic (exact) mass is 401 g/mol. The van der Waals surface area contributed by atoms with Crippen molar-refractivity contribution in [2.75, 3.05) is 11.9 Å². The number of fused-ring (bicyclic) bond motifs is 1. The van der Waals surface area contributed by atoms with Gasteiger partial charge in [-0.3, -0.25) is 4.79 Å². The zero-order valence-corrected chi connectivity index (χ0v) is 15.1. The van der Waals surface area contributed by atoms with E-state index in [0.717, 1.165) is 16.6 Å². The topological polar surface area (TPSA) is 46.1 Å². The molecule has 124 valence electrons. The first kappa shape index (κ1) is 18.0. The maximum Gasteiger partial charge on any atom is 0.272 e. The number of halogens is 3. The molecule has 1 amide bonds. The highest BCUT2D eigenvalue weighted by molar-refractivity contribution is 9.10. The quantitative estimate of drug-likeness (QED) is 0.822. The van der Waals surface area contributed by atoms with E-state index >= 15 is 0 Å². The van der Waals surface area contributed by atoms with Crippen molar-refractivity contribution in [2.45, 2.75) is 26.4 Å². The summed E-state index contributed by atoms with van der Waals surface area (Å²) in [5.41, 5.74) is 2.41. The molecule has 0 saturated heterocycles. The van der Waals surface area contributed by atoms with E-state index in [1.54, 1.807) is 12.1 Å². The number of hydrogen-bond acceptors (Lipinski definition) is 2. The molecule has 4 nitrogen and oxygen atoms in total. The first-order valence-corrected chi connectivity index (χ1v) is 8.07. The number of hydrogen-bond donors (Lipinski definition) is 2. The van der Waals surface area contributed by atoms with Gasteiger partial charge in [0.1, 0.15) is 11.5 Å². The number of aryl methyl sites for hydroxylation is 1. The third-order valence-corrected chi connectivity index (χ3v) is 4.33. The second-order valence-electron chi connectivity index (χ2n) is 5.28. The van der Waals surface area contributed by atoms with Crippen LogP contribution >= 0.6 is 28.3 Å². The lowest BCUT2D eigenvalue weighted by atomic mass is 9.99. The Labute approximate surface area is 149 Å². The van der Waals surface area contributed by atoms with Crippen LogP contribution in [0.25, 0.3) is 0 Å². The first-order valence-electron chi connectivity index (χ1n) is 7.28. The van der Waals surface area contributed by atoms with E-state index in [2.05, 4.69) is 26.6 Å². The van der Waals surface area contributed by atoms with Gasteiger partial charge in [0.15, 0.2) is 0 Å². The number of carbonyl (C=O) groups is 1. The van der Waals surface area contributed by atoms with Crippen LogP contribution in [-0.4, -0.2) is 17.0 Å². The number of nitrogens with one attached hydrogen (secondary N) is 2. The van der Waals surface area contributed by atoms with E-state index < -0.39 is 0 Å². The Morgan fingerprint density at radius 2 is 2.26 bits per heavy atom. The zero-order chi connectivity index (χ0) is 15.7. The summed E-state index contributed by atoms with van der Waals surface area (Å²) in [6, 6.07) is 5.24. The van der Waals surface area contributed by atoms with Crippen molar-refractivity contribution in [1.29, 1.82) is 0 Å². The summed E-state index contributed by atoms with van der Waals surface area (Å²) in [5.74, 6) is -0.624. The summed E-state index contributed by atoms with van der Waals surface area (Å²) in [6.45, 7) is 4.06. The number of carbonyl (C=O) groups excluding carboxylic acids is 1. The van der Waals surface area contributed by atoms with Crippen molar-refractivity contribution >= 4 is 39.9 Å². The molecule has 0 spiro atoms. The first-order chi connectivity index (χ1) is 10.6. The van der Waals surface area contributed by atoms with Crippen LogP contribution in [0, 0.1) is 5.82 Å². The third kappa shape index (κ3) is 3.59. The summed E-state index contributed by atoms with van der Waals surface area (Å²) in [5, 5.41) is 5.90. The predicted octanol–water partition coefficient (Wildman–Crippen LogP) is 3.73. The van der Waals surface area contributed by atoms with Gasteiger partial charge in [-0.05, 0) is 59.1 Å². The van der Waals surface area contributed by atoms with E-state index in [4.69, 9.17) is 0 Å². The van der Waals surface area contributed by atoms with E-state index in [0.29, 0.717) is 30.8 Å². The van der Waals surface area contributed by atoms with Crippen molar-refractivity contribution in [1.82, 2.24) is 9.88 Å². The van der Waals surface area contributed by atoms with Gasteiger partial charge >= 0.3 is 0 Å². The van der Waals surface area contributed by atoms with Crippen LogP contribution in [0.15, 0.2) is 28.9 Å². The molecule has 2 aromatic rings. The molecule has 0 radical (unpaired) electrons. The van der Waals surface area contributed by atoms with Gasteiger partial charge in [0, 0.05) is 23.8 Å². The highest BCUT2D eigenvalue weighted by atomic mass is 79.9. The molecule has 0 fully saturated rings. The molecule has 7 heteroatoms. The van der Waals surface area contributed by atoms with Crippen molar-refractivity contribution in [3.8, 4) is 0 Å². The number of aromatic nitrogens is 1. The van der Waals surface area contributed by atoms with Crippen LogP contribution in [0.3, 0.4) is 0 Å². The predicted molar refractivity (Wildman–Crippen MR) is 94.8 cm³/mol. The molecule has 0 unspecified atom stereocenters. The highest BCUT2D eigenvalue weighted by Crippen LogP contribution is 2.25. The Kier molecular flexibility index (Phi) is 5.84. The molecule has 2 heterocycles. The normalized spacial score (nSPS) is 13.2. The zero-order valence-electron chi connectivity index (χ0n) is 12.7. The highest BCUT2D eigenvalue weighted by Gasteiger charge is 2.19. The fourth-order valence-electron chi connectivity index (χ4n) is 2.74. The fraction of sp³-hybridized carbons (Fsp3) is 0.312. The van der Waals surface area contributed by atoms with Crippen LogP contribution < -0.4 is 10.6 Å². The van der Waals surface area contributed by atoms with Crippen LogP contribution in [0.1, 0.15) is 28.5 Å². The second kappa shape index (κ2) is 7.47. The minimum Gasteiger partial charge on any atom is -0.343 e. The second-order valence-corrected chi connectivity index (χ2v) is 6.19. The smallest absolute Gasteiger partial charge is 0.272 e. The Hall–Kier alpha value is -1.37. The van der Waals surface area contributed by atoms with Gasteiger partial charge in [-0.2, -0.15) is 0 Å². The largest absolute Gasteiger partial charge is 0.343 e. The molecule has 1 aliphatic rings. The summed E-state index contributed by atoms with van der Waals surface area (Å²) < 4.78 is 17.2. The van der Waals surface area contributed by atoms with Crippen LogP contribution in [0.2, 0.25) is 0 Å². The lowest BCUT2D eigenvalue weighted by Gasteiger charge is -2.19. The molecule has 2 N–H and O–H groups in total. The van der Waals surface area contributed by atoms with Crippen LogP contribution in [0.4, 0.5) is 10.1 Å². The van der Waals surface area contributed by atoms with E-state index in [1.807, 2.05) is 23.8 Å². The summed E-state index contributed by atoms with van der Waals surface area (Å²) >= 11 is 3.36. The molecule has 0 saturated carbocycles. The minimum atomic E-state index is -0.318. The number of anilines is 1. The molecule has 0 aliphatic carbocycles. The van der Waals surface area contributed by atoms with Crippen LogP contribution in [-0.2, 0) is 19.5 Å². The number of rotatable bonds is 3. The molecule has 1 aromatic carbocycles. The van der Waals surface area contributed by atoms with E-state index in [-0.39, 0.29) is 29.8 Å². The molecule has 0 atom stereocenters. The Morgan fingerprint density at radius 1 is 1.48 bits per heavy atom. The van der Waals surface area contributed by atoms with Crippen molar-refractivity contribution in [3.63, 3.8) is 0 Å². The Balaban J connectivity index is 0.00000192. The van der Waals surface area contributed by atoms with Gasteiger partial charge < -0.3 is 15.2 Å². The molecule has 3 rings (SSSR count). The molecule has 1 aromatic heterocycles. The minimum absolute atomic E-state index is 0. The lowest BCUT2D eigenvalue weighted by Crippen LogP contribution is -2.25. The van der Waals surface area contributed by atoms with Gasteiger partial charge in [0.25, 0.3) is 5.91 Å². The van der Waals surface area contributed by atoms with Crippen LogP contribution in [0.5, 0.6) is 0 Å². The van der Waals surface area contributed by atoms with E-state index in [9.17, 15) is 9.18 Å². The van der Waals surface area contributed by atoms with Gasteiger partial charge in [0.05, 0.1) is 5.69 Å². The van der Waals surface area contributed by atoms with Gasteiger partial charge in [-0.1, -0.05) is 6.07 Å². The SMILES string of the molecule is CCn1cc(Br)cc1C(=O)Nc1ccc2c(c1F)CCNC2.Cl. The van der Waals surface area contributed by atoms with Gasteiger partial charge in [0.2, 0.25) is 0 Å². The molecule has 1 aliphatic heterocycles.